The predicted octanol–water partition coefficient (Wildman–Crippen LogP) is 3.53. The molecule has 1 aliphatic heterocycles. The minimum atomic E-state index is 0.108. The molecule has 1 atom stereocenters. The van der Waals surface area contributed by atoms with Crippen LogP contribution in [-0.4, -0.2) is 18.3 Å². The van der Waals surface area contributed by atoms with Gasteiger partial charge in [0, 0.05) is 11.6 Å². The maximum Gasteiger partial charge on any atom is 0.124 e. The lowest BCUT2D eigenvalue weighted by Gasteiger charge is -2.19. The Labute approximate surface area is 138 Å². The third kappa shape index (κ3) is 4.12. The van der Waals surface area contributed by atoms with Crippen LogP contribution >= 0.6 is 0 Å². The predicted molar refractivity (Wildman–Crippen MR) is 92.7 cm³/mol. The summed E-state index contributed by atoms with van der Waals surface area (Å²) >= 11 is 0. The van der Waals surface area contributed by atoms with Gasteiger partial charge in [-0.25, -0.2) is 0 Å². The van der Waals surface area contributed by atoms with Crippen molar-refractivity contribution in [2.75, 3.05) is 13.2 Å². The summed E-state index contributed by atoms with van der Waals surface area (Å²) < 4.78 is 5.86. The van der Waals surface area contributed by atoms with Gasteiger partial charge in [-0.2, -0.15) is 0 Å². The molecule has 2 aromatic carbocycles. The highest BCUT2D eigenvalue weighted by molar-refractivity contribution is 5.39. The summed E-state index contributed by atoms with van der Waals surface area (Å²) in [5.74, 6) is 1.03. The molecule has 1 heterocycles. The summed E-state index contributed by atoms with van der Waals surface area (Å²) in [6.45, 7) is 3.98. The van der Waals surface area contributed by atoms with Gasteiger partial charge >= 0.3 is 0 Å². The first-order valence-electron chi connectivity index (χ1n) is 8.41. The average molecular weight is 311 g/mol. The monoisotopic (exact) mass is 311 g/mol. The number of rotatable bonds is 5. The van der Waals surface area contributed by atoms with E-state index in [1.54, 1.807) is 0 Å². The zero-order valence-corrected chi connectivity index (χ0v) is 13.7. The molecule has 1 aliphatic rings. The summed E-state index contributed by atoms with van der Waals surface area (Å²) in [6.07, 6.45) is 3.18. The number of aryl methyl sites for hydroxylation is 1. The second-order valence-electron chi connectivity index (χ2n) is 6.26. The second-order valence-corrected chi connectivity index (χ2v) is 6.26. The minimum Gasteiger partial charge on any atom is -0.493 e. The van der Waals surface area contributed by atoms with Crippen LogP contribution in [0.3, 0.4) is 0 Å². The van der Waals surface area contributed by atoms with Crippen LogP contribution in [0.25, 0.3) is 0 Å². The Morgan fingerprint density at radius 3 is 2.70 bits per heavy atom. The van der Waals surface area contributed by atoms with Crippen molar-refractivity contribution in [1.82, 2.24) is 5.32 Å². The van der Waals surface area contributed by atoms with Crippen LogP contribution in [0.2, 0.25) is 0 Å². The molecular formula is C20H25NO2. The van der Waals surface area contributed by atoms with Crippen LogP contribution in [-0.2, 0) is 13.0 Å². The van der Waals surface area contributed by atoms with Crippen LogP contribution < -0.4 is 10.1 Å². The Kier molecular flexibility index (Phi) is 5.31. The molecule has 0 radical (unpaired) electrons. The highest BCUT2D eigenvalue weighted by Crippen LogP contribution is 2.32. The molecule has 23 heavy (non-hydrogen) atoms. The van der Waals surface area contributed by atoms with E-state index in [2.05, 4.69) is 42.6 Å². The van der Waals surface area contributed by atoms with E-state index >= 15 is 0 Å². The largest absolute Gasteiger partial charge is 0.493 e. The molecule has 0 aromatic heterocycles. The van der Waals surface area contributed by atoms with Gasteiger partial charge in [0.05, 0.1) is 13.2 Å². The van der Waals surface area contributed by atoms with Crippen LogP contribution in [0, 0.1) is 6.92 Å². The van der Waals surface area contributed by atoms with Crippen molar-refractivity contribution < 1.29 is 9.84 Å². The Bertz CT molecular complexity index is 637. The zero-order chi connectivity index (χ0) is 16.1. The van der Waals surface area contributed by atoms with E-state index in [0.29, 0.717) is 6.04 Å². The minimum absolute atomic E-state index is 0.108. The molecule has 3 nitrogen and oxygen atoms in total. The lowest BCUT2D eigenvalue weighted by atomic mass is 9.99. The van der Waals surface area contributed by atoms with Crippen molar-refractivity contribution in [3.8, 4) is 5.75 Å². The molecule has 2 aromatic rings. The van der Waals surface area contributed by atoms with Gasteiger partial charge in [0.1, 0.15) is 5.75 Å². The molecule has 0 bridgehead atoms. The molecule has 3 heteroatoms. The van der Waals surface area contributed by atoms with E-state index in [1.165, 1.54) is 16.7 Å². The topological polar surface area (TPSA) is 41.5 Å². The van der Waals surface area contributed by atoms with E-state index in [4.69, 9.17) is 9.84 Å². The first kappa shape index (κ1) is 16.0. The van der Waals surface area contributed by atoms with E-state index < -0.39 is 0 Å². The number of ether oxygens (including phenoxy) is 1. The Morgan fingerprint density at radius 2 is 1.91 bits per heavy atom. The van der Waals surface area contributed by atoms with Crippen molar-refractivity contribution in [3.05, 3.63) is 64.7 Å². The first-order valence-corrected chi connectivity index (χ1v) is 8.41. The smallest absolute Gasteiger partial charge is 0.124 e. The normalized spacial score (nSPS) is 17.2. The second kappa shape index (κ2) is 7.62. The SMILES string of the molecule is Cc1ccc2c(c1)C(NCCc1ccc(CO)cc1)CCCO2. The van der Waals surface area contributed by atoms with Crippen LogP contribution in [0.5, 0.6) is 5.75 Å². The van der Waals surface area contributed by atoms with Crippen LogP contribution in [0.4, 0.5) is 0 Å². The van der Waals surface area contributed by atoms with E-state index in [1.807, 2.05) is 12.1 Å². The summed E-state index contributed by atoms with van der Waals surface area (Å²) in [5.41, 5.74) is 4.83. The summed E-state index contributed by atoms with van der Waals surface area (Å²) in [6, 6.07) is 15.0. The number of aliphatic hydroxyl groups excluding tert-OH is 1. The summed E-state index contributed by atoms with van der Waals surface area (Å²) in [5, 5.41) is 12.8. The standard InChI is InChI=1S/C20H25NO2/c1-15-4-9-20-18(13-15)19(3-2-12-23-20)21-11-10-16-5-7-17(14-22)8-6-16/h4-9,13,19,21-22H,2-3,10-12,14H2,1H3. The van der Waals surface area contributed by atoms with Gasteiger partial charge < -0.3 is 15.2 Å². The quantitative estimate of drug-likeness (QED) is 0.887. The molecule has 0 amide bonds. The lowest BCUT2D eigenvalue weighted by Crippen LogP contribution is -2.23. The zero-order valence-electron chi connectivity index (χ0n) is 13.7. The molecule has 0 fully saturated rings. The highest BCUT2D eigenvalue weighted by Gasteiger charge is 2.19. The van der Waals surface area contributed by atoms with Gasteiger partial charge in [0.15, 0.2) is 0 Å². The van der Waals surface area contributed by atoms with Gasteiger partial charge in [-0.15, -0.1) is 0 Å². The van der Waals surface area contributed by atoms with Crippen molar-refractivity contribution >= 4 is 0 Å². The highest BCUT2D eigenvalue weighted by atomic mass is 16.5. The van der Waals surface area contributed by atoms with Crippen LogP contribution in [0.1, 0.15) is 41.1 Å². The fraction of sp³-hybridized carbons (Fsp3) is 0.400. The summed E-state index contributed by atoms with van der Waals surface area (Å²) in [4.78, 5) is 0. The maximum atomic E-state index is 9.09. The number of nitrogens with one attached hydrogen (secondary N) is 1. The number of aliphatic hydroxyl groups is 1. The number of hydrogen-bond acceptors (Lipinski definition) is 3. The van der Waals surface area contributed by atoms with Gasteiger partial charge in [-0.05, 0) is 49.9 Å². The molecule has 122 valence electrons. The number of benzene rings is 2. The van der Waals surface area contributed by atoms with E-state index in [9.17, 15) is 0 Å². The lowest BCUT2D eigenvalue weighted by molar-refractivity contribution is 0.282. The Hall–Kier alpha value is -1.84. The number of fused-ring (bicyclic) bond motifs is 1. The fourth-order valence-electron chi connectivity index (χ4n) is 3.11. The Balaban J connectivity index is 1.62. The molecule has 0 aliphatic carbocycles. The number of hydrogen-bond donors (Lipinski definition) is 2. The van der Waals surface area contributed by atoms with Gasteiger partial charge in [-0.1, -0.05) is 42.0 Å². The molecule has 1 unspecified atom stereocenters. The first-order chi connectivity index (χ1) is 11.3. The van der Waals surface area contributed by atoms with Gasteiger partial charge in [0.25, 0.3) is 0 Å². The van der Waals surface area contributed by atoms with Crippen molar-refractivity contribution in [2.24, 2.45) is 0 Å². The molecular weight excluding hydrogens is 286 g/mol. The summed E-state index contributed by atoms with van der Waals surface area (Å²) in [7, 11) is 0. The van der Waals surface area contributed by atoms with Gasteiger partial charge in [0.2, 0.25) is 0 Å². The fourth-order valence-corrected chi connectivity index (χ4v) is 3.11. The molecule has 2 N–H and O–H groups in total. The van der Waals surface area contributed by atoms with Crippen molar-refractivity contribution in [2.45, 2.75) is 38.8 Å². The third-order valence-electron chi connectivity index (χ3n) is 4.45. The van der Waals surface area contributed by atoms with E-state index in [0.717, 1.165) is 43.7 Å². The molecule has 0 saturated carbocycles. The molecule has 0 saturated heterocycles. The maximum absolute atomic E-state index is 9.09. The average Bonchev–Trinajstić information content (AvgIpc) is 2.78. The van der Waals surface area contributed by atoms with Crippen molar-refractivity contribution in [1.29, 1.82) is 0 Å². The van der Waals surface area contributed by atoms with Crippen molar-refractivity contribution in [3.63, 3.8) is 0 Å². The molecule has 0 spiro atoms. The Morgan fingerprint density at radius 1 is 1.13 bits per heavy atom. The third-order valence-corrected chi connectivity index (χ3v) is 4.45. The van der Waals surface area contributed by atoms with Gasteiger partial charge in [-0.3, -0.25) is 0 Å². The van der Waals surface area contributed by atoms with Crippen LogP contribution in [0.15, 0.2) is 42.5 Å². The molecule has 3 rings (SSSR count). The van der Waals surface area contributed by atoms with E-state index in [-0.39, 0.29) is 6.61 Å².